The van der Waals surface area contributed by atoms with Crippen LogP contribution in [0.25, 0.3) is 0 Å². The molecule has 0 bridgehead atoms. The highest BCUT2D eigenvalue weighted by Crippen LogP contribution is 2.20. The van der Waals surface area contributed by atoms with Gasteiger partial charge in [-0.25, -0.2) is 4.99 Å². The minimum absolute atomic E-state index is 0.144. The van der Waals surface area contributed by atoms with Crippen LogP contribution < -0.4 is 10.6 Å². The highest BCUT2D eigenvalue weighted by atomic mass is 16.5. The molecule has 2 heterocycles. The molecule has 0 unspecified atom stereocenters. The number of rotatable bonds is 7. The molecule has 3 rings (SSSR count). The van der Waals surface area contributed by atoms with Gasteiger partial charge in [0.25, 0.3) is 0 Å². The van der Waals surface area contributed by atoms with Crippen molar-refractivity contribution in [3.63, 3.8) is 0 Å². The molecule has 7 nitrogen and oxygen atoms in total. The molecule has 0 atom stereocenters. The van der Waals surface area contributed by atoms with E-state index in [0.29, 0.717) is 18.9 Å². The fourth-order valence-electron chi connectivity index (χ4n) is 4.15. The number of nitrogens with one attached hydrogen (secondary N) is 2. The first-order valence-corrected chi connectivity index (χ1v) is 11.3. The van der Waals surface area contributed by atoms with Gasteiger partial charge in [0.2, 0.25) is 5.91 Å². The lowest BCUT2D eigenvalue weighted by Gasteiger charge is -2.34. The molecule has 0 aliphatic carbocycles. The van der Waals surface area contributed by atoms with E-state index in [9.17, 15) is 4.79 Å². The highest BCUT2D eigenvalue weighted by Gasteiger charge is 2.23. The molecular weight excluding hydrogens is 378 g/mol. The average molecular weight is 416 g/mol. The first-order chi connectivity index (χ1) is 14.7. The van der Waals surface area contributed by atoms with Crippen LogP contribution in [-0.4, -0.2) is 74.7 Å². The summed E-state index contributed by atoms with van der Waals surface area (Å²) in [6.45, 7) is 10.2. The number of carbonyl (C=O) groups is 1. The Balaban J connectivity index is 1.55. The van der Waals surface area contributed by atoms with Gasteiger partial charge in [0.15, 0.2) is 5.96 Å². The van der Waals surface area contributed by atoms with Crippen LogP contribution in [0.2, 0.25) is 0 Å². The van der Waals surface area contributed by atoms with Gasteiger partial charge in [0.1, 0.15) is 0 Å². The van der Waals surface area contributed by atoms with Gasteiger partial charge >= 0.3 is 0 Å². The molecule has 2 aliphatic rings. The van der Waals surface area contributed by atoms with Gasteiger partial charge < -0.3 is 20.3 Å². The largest absolute Gasteiger partial charge is 0.379 e. The summed E-state index contributed by atoms with van der Waals surface area (Å²) in [5, 5.41) is 6.18. The van der Waals surface area contributed by atoms with Crippen molar-refractivity contribution in [1.29, 1.82) is 0 Å². The van der Waals surface area contributed by atoms with Crippen molar-refractivity contribution < 1.29 is 9.53 Å². The summed E-state index contributed by atoms with van der Waals surface area (Å²) in [7, 11) is 1.71. The first-order valence-electron chi connectivity index (χ1n) is 11.3. The standard InChI is InChI=1S/C23H37N5O2/c1-3-25-23(28-9-7-19(8-10-28)16-22(29)24-2)26-17-20-5-4-6-21(15-20)18-27-11-13-30-14-12-27/h4-6,15,19H,3,7-14,16-18H2,1-2H3,(H,24,29)(H,25,26). The molecule has 2 N–H and O–H groups in total. The molecule has 30 heavy (non-hydrogen) atoms. The van der Waals surface area contributed by atoms with Crippen molar-refractivity contribution in [3.05, 3.63) is 35.4 Å². The minimum atomic E-state index is 0.144. The molecule has 7 heteroatoms. The second-order valence-corrected chi connectivity index (χ2v) is 8.19. The van der Waals surface area contributed by atoms with E-state index in [1.165, 1.54) is 11.1 Å². The van der Waals surface area contributed by atoms with E-state index in [-0.39, 0.29) is 5.91 Å². The Morgan fingerprint density at radius 3 is 2.60 bits per heavy atom. The number of nitrogens with zero attached hydrogens (tertiary/aromatic N) is 3. The number of guanidine groups is 1. The van der Waals surface area contributed by atoms with E-state index in [2.05, 4.69) is 51.6 Å². The number of morpholine rings is 1. The summed E-state index contributed by atoms with van der Waals surface area (Å²) < 4.78 is 5.45. The summed E-state index contributed by atoms with van der Waals surface area (Å²) in [5.74, 6) is 1.60. The monoisotopic (exact) mass is 415 g/mol. The Bertz CT molecular complexity index is 695. The lowest BCUT2D eigenvalue weighted by atomic mass is 9.93. The zero-order valence-corrected chi connectivity index (χ0v) is 18.5. The van der Waals surface area contributed by atoms with Gasteiger partial charge in [0, 0.05) is 52.7 Å². The van der Waals surface area contributed by atoms with Crippen LogP contribution in [0.4, 0.5) is 0 Å². The fourth-order valence-corrected chi connectivity index (χ4v) is 4.15. The highest BCUT2D eigenvalue weighted by molar-refractivity contribution is 5.80. The lowest BCUT2D eigenvalue weighted by molar-refractivity contribution is -0.121. The molecule has 2 saturated heterocycles. The van der Waals surface area contributed by atoms with Crippen molar-refractivity contribution in [2.45, 2.75) is 39.3 Å². The van der Waals surface area contributed by atoms with E-state index in [1.54, 1.807) is 7.05 Å². The second-order valence-electron chi connectivity index (χ2n) is 8.19. The molecule has 1 aromatic carbocycles. The maximum Gasteiger partial charge on any atom is 0.220 e. The molecular formula is C23H37N5O2. The molecule has 2 aliphatic heterocycles. The molecule has 0 spiro atoms. The Labute approximate surface area is 180 Å². The van der Waals surface area contributed by atoms with Crippen LogP contribution in [0.15, 0.2) is 29.3 Å². The van der Waals surface area contributed by atoms with Crippen molar-refractivity contribution >= 4 is 11.9 Å². The number of benzene rings is 1. The smallest absolute Gasteiger partial charge is 0.220 e. The lowest BCUT2D eigenvalue weighted by Crippen LogP contribution is -2.46. The zero-order chi connectivity index (χ0) is 21.2. The number of likely N-dealkylation sites (tertiary alicyclic amines) is 1. The normalized spacial score (nSPS) is 19.0. The number of hydrogen-bond donors (Lipinski definition) is 2. The fraction of sp³-hybridized carbons (Fsp3) is 0.652. The number of ether oxygens (including phenoxy) is 1. The number of aliphatic imine (C=N–C) groups is 1. The number of amides is 1. The van der Waals surface area contributed by atoms with E-state index < -0.39 is 0 Å². The van der Waals surface area contributed by atoms with Crippen LogP contribution in [0.5, 0.6) is 0 Å². The Morgan fingerprint density at radius 2 is 1.90 bits per heavy atom. The molecule has 2 fully saturated rings. The zero-order valence-electron chi connectivity index (χ0n) is 18.5. The molecule has 0 saturated carbocycles. The van der Waals surface area contributed by atoms with Gasteiger partial charge in [-0.05, 0) is 36.8 Å². The van der Waals surface area contributed by atoms with Crippen LogP contribution in [0, 0.1) is 5.92 Å². The SMILES string of the molecule is CCNC(=NCc1cccc(CN2CCOCC2)c1)N1CCC(CC(=O)NC)CC1. The predicted molar refractivity (Wildman–Crippen MR) is 120 cm³/mol. The maximum atomic E-state index is 11.6. The Morgan fingerprint density at radius 1 is 1.17 bits per heavy atom. The maximum absolute atomic E-state index is 11.6. The van der Waals surface area contributed by atoms with Crippen molar-refractivity contribution in [2.24, 2.45) is 10.9 Å². The quantitative estimate of drug-likeness (QED) is 0.525. The van der Waals surface area contributed by atoms with Crippen LogP contribution in [0.3, 0.4) is 0 Å². The van der Waals surface area contributed by atoms with E-state index >= 15 is 0 Å². The topological polar surface area (TPSA) is 69.2 Å². The Kier molecular flexibility index (Phi) is 8.96. The third-order valence-corrected chi connectivity index (χ3v) is 5.91. The predicted octanol–water partition coefficient (Wildman–Crippen LogP) is 1.83. The van der Waals surface area contributed by atoms with Gasteiger partial charge in [-0.1, -0.05) is 24.3 Å². The third kappa shape index (κ3) is 6.99. The molecule has 0 aromatic heterocycles. The number of piperidine rings is 1. The van der Waals surface area contributed by atoms with Crippen molar-refractivity contribution in [1.82, 2.24) is 20.4 Å². The minimum Gasteiger partial charge on any atom is -0.379 e. The summed E-state index contributed by atoms with van der Waals surface area (Å²) >= 11 is 0. The van der Waals surface area contributed by atoms with Gasteiger partial charge in [0.05, 0.1) is 19.8 Å². The summed E-state index contributed by atoms with van der Waals surface area (Å²) in [6, 6.07) is 8.77. The van der Waals surface area contributed by atoms with Gasteiger partial charge in [-0.15, -0.1) is 0 Å². The molecule has 166 valence electrons. The molecule has 0 radical (unpaired) electrons. The average Bonchev–Trinajstić information content (AvgIpc) is 2.78. The van der Waals surface area contributed by atoms with Gasteiger partial charge in [-0.2, -0.15) is 0 Å². The van der Waals surface area contributed by atoms with Crippen molar-refractivity contribution in [2.75, 3.05) is 53.0 Å². The van der Waals surface area contributed by atoms with Gasteiger partial charge in [-0.3, -0.25) is 9.69 Å². The summed E-state index contributed by atoms with van der Waals surface area (Å²) in [4.78, 5) is 21.3. The molecule has 1 aromatic rings. The van der Waals surface area contributed by atoms with Crippen LogP contribution >= 0.6 is 0 Å². The van der Waals surface area contributed by atoms with E-state index in [4.69, 9.17) is 9.73 Å². The second kappa shape index (κ2) is 11.9. The Hall–Kier alpha value is -2.12. The van der Waals surface area contributed by atoms with Crippen LogP contribution in [0.1, 0.15) is 37.3 Å². The van der Waals surface area contributed by atoms with Crippen molar-refractivity contribution in [3.8, 4) is 0 Å². The summed E-state index contributed by atoms with van der Waals surface area (Å²) in [5.41, 5.74) is 2.58. The third-order valence-electron chi connectivity index (χ3n) is 5.91. The number of hydrogen-bond acceptors (Lipinski definition) is 4. The molecule has 1 amide bonds. The number of carbonyl (C=O) groups excluding carboxylic acids is 1. The van der Waals surface area contributed by atoms with E-state index in [1.807, 2.05) is 0 Å². The first kappa shape index (κ1) is 22.6. The van der Waals surface area contributed by atoms with E-state index in [0.717, 1.165) is 71.3 Å². The van der Waals surface area contributed by atoms with Crippen LogP contribution in [-0.2, 0) is 22.6 Å². The summed E-state index contributed by atoms with van der Waals surface area (Å²) in [6.07, 6.45) is 2.70.